The van der Waals surface area contributed by atoms with Crippen molar-refractivity contribution in [1.82, 2.24) is 14.9 Å². The lowest BCUT2D eigenvalue weighted by Crippen LogP contribution is -2.38. The molecule has 1 aliphatic rings. The van der Waals surface area contributed by atoms with Gasteiger partial charge in [0.15, 0.2) is 0 Å². The third kappa shape index (κ3) is 6.15. The summed E-state index contributed by atoms with van der Waals surface area (Å²) in [5, 5.41) is 3.00. The van der Waals surface area contributed by atoms with Crippen molar-refractivity contribution in [1.29, 1.82) is 0 Å². The fourth-order valence-electron chi connectivity index (χ4n) is 4.22. The molecule has 0 aromatic heterocycles. The highest BCUT2D eigenvalue weighted by Gasteiger charge is 2.24. The second-order valence-electron chi connectivity index (χ2n) is 7.99. The fourth-order valence-corrected chi connectivity index (χ4v) is 5.57. The van der Waals surface area contributed by atoms with Crippen LogP contribution >= 0.6 is 0 Å². The van der Waals surface area contributed by atoms with Crippen LogP contribution in [0.4, 0.5) is 0 Å². The van der Waals surface area contributed by atoms with Gasteiger partial charge in [-0.2, -0.15) is 0 Å². The topological polar surface area (TPSA) is 78.5 Å². The van der Waals surface area contributed by atoms with Crippen molar-refractivity contribution < 1.29 is 13.2 Å². The molecule has 31 heavy (non-hydrogen) atoms. The van der Waals surface area contributed by atoms with Gasteiger partial charge in [0.05, 0.1) is 10.9 Å². The molecule has 168 valence electrons. The Hall–Kier alpha value is -2.22. The highest BCUT2D eigenvalue weighted by Crippen LogP contribution is 2.22. The maximum absolute atomic E-state index is 12.9. The van der Waals surface area contributed by atoms with E-state index in [4.69, 9.17) is 0 Å². The Morgan fingerprint density at radius 1 is 1.03 bits per heavy atom. The summed E-state index contributed by atoms with van der Waals surface area (Å²) in [7, 11) is -3.63. The standard InChI is InChI=1S/C24H33N3O3S/c1-3-27(4-2)23(19-11-6-5-7-12-19)18-25-24(28)20-13-10-16-22(17-20)31(29,30)26-21-14-8-9-15-21/h5-7,10-13,16-17,21,23,26H,3-4,8-9,14-15,18H2,1-2H3,(H,25,28). The third-order valence-electron chi connectivity index (χ3n) is 5.98. The van der Waals surface area contributed by atoms with Gasteiger partial charge in [-0.1, -0.05) is 63.1 Å². The molecule has 3 rings (SSSR count). The summed E-state index contributed by atoms with van der Waals surface area (Å²) in [6.45, 7) is 6.39. The molecule has 0 radical (unpaired) electrons. The molecule has 1 saturated carbocycles. The normalized spacial score (nSPS) is 15.8. The van der Waals surface area contributed by atoms with E-state index in [1.165, 1.54) is 12.1 Å². The number of nitrogens with zero attached hydrogens (tertiary/aromatic N) is 1. The van der Waals surface area contributed by atoms with Crippen LogP contribution in [0, 0.1) is 0 Å². The minimum atomic E-state index is -3.63. The van der Waals surface area contributed by atoms with Gasteiger partial charge in [-0.3, -0.25) is 9.69 Å². The molecule has 6 nitrogen and oxygen atoms in total. The van der Waals surface area contributed by atoms with E-state index in [-0.39, 0.29) is 22.9 Å². The number of sulfonamides is 1. The first-order valence-electron chi connectivity index (χ1n) is 11.1. The second-order valence-corrected chi connectivity index (χ2v) is 9.70. The lowest BCUT2D eigenvalue weighted by atomic mass is 10.0. The number of amides is 1. The molecule has 1 amide bonds. The van der Waals surface area contributed by atoms with Gasteiger partial charge in [0.1, 0.15) is 0 Å². The zero-order valence-corrected chi connectivity index (χ0v) is 19.2. The van der Waals surface area contributed by atoms with Crippen molar-refractivity contribution in [3.63, 3.8) is 0 Å². The van der Waals surface area contributed by atoms with Crippen LogP contribution in [0.1, 0.15) is 61.5 Å². The molecular formula is C24H33N3O3S. The van der Waals surface area contributed by atoms with Gasteiger partial charge in [0.2, 0.25) is 10.0 Å². The van der Waals surface area contributed by atoms with Crippen molar-refractivity contribution in [2.24, 2.45) is 0 Å². The van der Waals surface area contributed by atoms with Crippen LogP contribution in [-0.2, 0) is 10.0 Å². The number of hydrogen-bond acceptors (Lipinski definition) is 4. The first-order valence-corrected chi connectivity index (χ1v) is 12.6. The summed E-state index contributed by atoms with van der Waals surface area (Å²) < 4.78 is 28.2. The van der Waals surface area contributed by atoms with Crippen LogP contribution in [0.25, 0.3) is 0 Å². The van der Waals surface area contributed by atoms with Crippen molar-refractivity contribution in [2.45, 2.75) is 56.5 Å². The van der Waals surface area contributed by atoms with E-state index >= 15 is 0 Å². The smallest absolute Gasteiger partial charge is 0.251 e. The average molecular weight is 444 g/mol. The molecule has 2 aromatic carbocycles. The summed E-state index contributed by atoms with van der Waals surface area (Å²) in [6.07, 6.45) is 3.83. The number of likely N-dealkylation sites (N-methyl/N-ethyl adjacent to an activating group) is 1. The summed E-state index contributed by atoms with van der Waals surface area (Å²) in [5.74, 6) is -0.272. The lowest BCUT2D eigenvalue weighted by Gasteiger charge is -2.30. The van der Waals surface area contributed by atoms with Crippen LogP contribution in [0.2, 0.25) is 0 Å². The zero-order valence-electron chi connectivity index (χ0n) is 18.4. The Morgan fingerprint density at radius 2 is 1.71 bits per heavy atom. The van der Waals surface area contributed by atoms with Gasteiger partial charge in [-0.25, -0.2) is 13.1 Å². The molecule has 1 atom stereocenters. The van der Waals surface area contributed by atoms with Gasteiger partial charge in [-0.05, 0) is 49.7 Å². The number of benzene rings is 2. The van der Waals surface area contributed by atoms with E-state index in [9.17, 15) is 13.2 Å². The lowest BCUT2D eigenvalue weighted by molar-refractivity contribution is 0.0934. The Balaban J connectivity index is 1.71. The number of rotatable bonds is 10. The van der Waals surface area contributed by atoms with Gasteiger partial charge in [-0.15, -0.1) is 0 Å². The van der Waals surface area contributed by atoms with Gasteiger partial charge >= 0.3 is 0 Å². The quantitative estimate of drug-likeness (QED) is 0.587. The molecule has 0 spiro atoms. The molecular weight excluding hydrogens is 410 g/mol. The van der Waals surface area contributed by atoms with Crippen molar-refractivity contribution in [2.75, 3.05) is 19.6 Å². The summed E-state index contributed by atoms with van der Waals surface area (Å²) >= 11 is 0. The van der Waals surface area contributed by atoms with Crippen LogP contribution in [0.15, 0.2) is 59.5 Å². The molecule has 2 aromatic rings. The van der Waals surface area contributed by atoms with Crippen LogP contribution < -0.4 is 10.0 Å². The largest absolute Gasteiger partial charge is 0.350 e. The summed E-state index contributed by atoms with van der Waals surface area (Å²) in [6, 6.07) is 16.4. The van der Waals surface area contributed by atoms with Crippen LogP contribution in [0.3, 0.4) is 0 Å². The number of carbonyl (C=O) groups excluding carboxylic acids is 1. The predicted octanol–water partition coefficient (Wildman–Crippen LogP) is 3.72. The van der Waals surface area contributed by atoms with Crippen molar-refractivity contribution >= 4 is 15.9 Å². The maximum Gasteiger partial charge on any atom is 0.251 e. The molecule has 0 heterocycles. The van der Waals surface area contributed by atoms with Crippen molar-refractivity contribution in [3.05, 3.63) is 65.7 Å². The molecule has 7 heteroatoms. The number of carbonyl (C=O) groups is 1. The number of nitrogens with one attached hydrogen (secondary N) is 2. The third-order valence-corrected chi connectivity index (χ3v) is 7.50. The molecule has 1 fully saturated rings. The van der Waals surface area contributed by atoms with E-state index in [0.717, 1.165) is 44.3 Å². The van der Waals surface area contributed by atoms with E-state index in [1.54, 1.807) is 12.1 Å². The average Bonchev–Trinajstić information content (AvgIpc) is 3.29. The highest BCUT2D eigenvalue weighted by atomic mass is 32.2. The SMILES string of the molecule is CCN(CC)C(CNC(=O)c1cccc(S(=O)(=O)NC2CCCC2)c1)c1ccccc1. The first kappa shape index (κ1) is 23.4. The maximum atomic E-state index is 12.9. The van der Waals surface area contributed by atoms with Gasteiger partial charge in [0.25, 0.3) is 5.91 Å². The minimum Gasteiger partial charge on any atom is -0.350 e. The molecule has 0 aliphatic heterocycles. The zero-order chi connectivity index (χ0) is 22.3. The second kappa shape index (κ2) is 10.9. The summed E-state index contributed by atoms with van der Waals surface area (Å²) in [5.41, 5.74) is 1.49. The highest BCUT2D eigenvalue weighted by molar-refractivity contribution is 7.89. The Bertz CT molecular complexity index is 953. The molecule has 2 N–H and O–H groups in total. The Morgan fingerprint density at radius 3 is 2.35 bits per heavy atom. The van der Waals surface area contributed by atoms with Crippen LogP contribution in [-0.4, -0.2) is 44.9 Å². The Labute approximate surface area is 186 Å². The first-order chi connectivity index (χ1) is 14.9. The predicted molar refractivity (Wildman–Crippen MR) is 123 cm³/mol. The van der Waals surface area contributed by atoms with Crippen LogP contribution in [0.5, 0.6) is 0 Å². The molecule has 1 unspecified atom stereocenters. The van der Waals surface area contributed by atoms with E-state index in [0.29, 0.717) is 12.1 Å². The Kier molecular flexibility index (Phi) is 8.23. The molecule has 0 saturated heterocycles. The number of hydrogen-bond donors (Lipinski definition) is 2. The van der Waals surface area contributed by atoms with E-state index in [2.05, 4.69) is 40.9 Å². The summed E-state index contributed by atoms with van der Waals surface area (Å²) in [4.78, 5) is 15.3. The minimum absolute atomic E-state index is 0.0109. The molecule has 0 bridgehead atoms. The monoisotopic (exact) mass is 443 g/mol. The van der Waals surface area contributed by atoms with E-state index < -0.39 is 10.0 Å². The van der Waals surface area contributed by atoms with Gasteiger partial charge in [0, 0.05) is 18.2 Å². The fraction of sp³-hybridized carbons (Fsp3) is 0.458. The molecule has 1 aliphatic carbocycles. The van der Waals surface area contributed by atoms with Gasteiger partial charge < -0.3 is 5.32 Å². The van der Waals surface area contributed by atoms with Crippen molar-refractivity contribution in [3.8, 4) is 0 Å². The van der Waals surface area contributed by atoms with E-state index in [1.807, 2.05) is 18.2 Å².